The lowest BCUT2D eigenvalue weighted by Gasteiger charge is -2.61. The van der Waals surface area contributed by atoms with Crippen LogP contribution in [0.5, 0.6) is 0 Å². The Morgan fingerprint density at radius 3 is 1.35 bits per heavy atom. The largest absolute Gasteiger partial charge is 0.310 e. The first-order valence-electron chi connectivity index (χ1n) is 22.2. The number of benzene rings is 8. The Balaban J connectivity index is 0.955. The summed E-state index contributed by atoms with van der Waals surface area (Å²) in [4.78, 5) is 2.52. The normalized spacial score (nSPS) is 22.1. The molecule has 0 saturated heterocycles. The van der Waals surface area contributed by atoms with Crippen LogP contribution >= 0.6 is 0 Å². The van der Waals surface area contributed by atoms with Crippen molar-refractivity contribution in [3.05, 3.63) is 223 Å². The first-order valence-corrected chi connectivity index (χ1v) is 24.2. The summed E-state index contributed by atoms with van der Waals surface area (Å²) in [7, 11) is -2.59. The molecule has 0 atom stereocenters. The van der Waals surface area contributed by atoms with Crippen molar-refractivity contribution in [2.45, 2.75) is 37.5 Å². The first kappa shape index (κ1) is 35.7. The molecule has 0 amide bonds. The van der Waals surface area contributed by atoms with Crippen molar-refractivity contribution < 1.29 is 0 Å². The highest BCUT2D eigenvalue weighted by Gasteiger charge is 2.62. The van der Waals surface area contributed by atoms with E-state index in [2.05, 4.69) is 217 Å². The maximum atomic E-state index is 2.52. The zero-order chi connectivity index (χ0) is 39.7. The van der Waals surface area contributed by atoms with E-state index in [0.717, 1.165) is 23.7 Å². The summed E-state index contributed by atoms with van der Waals surface area (Å²) in [6, 6.07) is 80.2. The molecule has 0 N–H and O–H groups in total. The van der Waals surface area contributed by atoms with E-state index in [-0.39, 0.29) is 5.41 Å². The Morgan fingerprint density at radius 1 is 0.367 bits per heavy atom. The molecule has 0 aromatic heterocycles. The van der Waals surface area contributed by atoms with Gasteiger partial charge in [-0.1, -0.05) is 182 Å². The number of para-hydroxylation sites is 1. The molecule has 0 unspecified atom stereocenters. The number of rotatable bonds is 8. The average Bonchev–Trinajstić information content (AvgIpc) is 3.62. The average molecular weight is 788 g/mol. The molecule has 0 heterocycles. The van der Waals surface area contributed by atoms with Crippen molar-refractivity contribution in [3.63, 3.8) is 0 Å². The van der Waals surface area contributed by atoms with Crippen molar-refractivity contribution in [1.29, 1.82) is 0 Å². The van der Waals surface area contributed by atoms with Gasteiger partial charge in [0.2, 0.25) is 0 Å². The van der Waals surface area contributed by atoms with E-state index in [1.807, 2.05) is 0 Å². The van der Waals surface area contributed by atoms with Gasteiger partial charge in [0.15, 0.2) is 8.07 Å². The summed E-state index contributed by atoms with van der Waals surface area (Å²) < 4.78 is 0. The van der Waals surface area contributed by atoms with E-state index in [0.29, 0.717) is 0 Å². The summed E-state index contributed by atoms with van der Waals surface area (Å²) in [5, 5.41) is 5.57. The molecule has 13 rings (SSSR count). The Labute approximate surface area is 356 Å². The molecule has 4 bridgehead atoms. The molecule has 0 radical (unpaired) electrons. The van der Waals surface area contributed by atoms with Gasteiger partial charge >= 0.3 is 0 Å². The number of anilines is 3. The third kappa shape index (κ3) is 5.30. The fourth-order valence-electron chi connectivity index (χ4n) is 13.2. The van der Waals surface area contributed by atoms with Crippen molar-refractivity contribution >= 4 is 45.9 Å². The van der Waals surface area contributed by atoms with Crippen molar-refractivity contribution in [3.8, 4) is 22.3 Å². The minimum absolute atomic E-state index is 0.135. The zero-order valence-electron chi connectivity index (χ0n) is 34.0. The van der Waals surface area contributed by atoms with E-state index >= 15 is 0 Å². The van der Waals surface area contributed by atoms with Gasteiger partial charge in [0.05, 0.1) is 5.69 Å². The second-order valence-electron chi connectivity index (χ2n) is 18.1. The van der Waals surface area contributed by atoms with Crippen LogP contribution in [0.1, 0.15) is 43.2 Å². The fraction of sp³-hybridized carbons (Fsp3) is 0.172. The SMILES string of the molecule is c1ccc(N(c2ccc(-c3ccc([Si](c4ccccc4)(c4ccccc4)c4ccccc4)cc3)cc2)c2cccc3c2-c2ccccc2C32C3CC4CC(C3)CC2C4)cc1. The Bertz CT molecular complexity index is 2670. The monoisotopic (exact) mass is 787 g/mol. The van der Waals surface area contributed by atoms with Crippen molar-refractivity contribution in [1.82, 2.24) is 0 Å². The predicted octanol–water partition coefficient (Wildman–Crippen LogP) is 11.9. The topological polar surface area (TPSA) is 3.24 Å². The Hall–Kier alpha value is -6.22. The maximum Gasteiger partial charge on any atom is 0.179 e. The summed E-state index contributed by atoms with van der Waals surface area (Å²) in [6.45, 7) is 0. The summed E-state index contributed by atoms with van der Waals surface area (Å²) >= 11 is 0. The summed E-state index contributed by atoms with van der Waals surface area (Å²) in [6.07, 6.45) is 7.04. The van der Waals surface area contributed by atoms with E-state index in [1.165, 1.54) is 92.2 Å². The van der Waals surface area contributed by atoms with Gasteiger partial charge in [-0.3, -0.25) is 0 Å². The third-order valence-corrected chi connectivity index (χ3v) is 20.0. The zero-order valence-corrected chi connectivity index (χ0v) is 35.0. The summed E-state index contributed by atoms with van der Waals surface area (Å²) in [5.41, 5.74) is 12.3. The molecule has 4 fully saturated rings. The van der Waals surface area contributed by atoms with Gasteiger partial charge in [0.1, 0.15) is 0 Å². The summed E-state index contributed by atoms with van der Waals surface area (Å²) in [5.74, 6) is 3.33. The van der Waals surface area contributed by atoms with Gasteiger partial charge in [-0.15, -0.1) is 0 Å². The second-order valence-corrected chi connectivity index (χ2v) is 21.9. The molecular weight excluding hydrogens is 739 g/mol. The highest BCUT2D eigenvalue weighted by Crippen LogP contribution is 2.70. The number of hydrogen-bond acceptors (Lipinski definition) is 1. The molecule has 1 spiro atoms. The van der Waals surface area contributed by atoms with E-state index in [4.69, 9.17) is 0 Å². The van der Waals surface area contributed by atoms with Crippen LogP contribution in [0, 0.1) is 23.7 Å². The van der Waals surface area contributed by atoms with Gasteiger partial charge in [0.25, 0.3) is 0 Å². The molecule has 1 nitrogen and oxygen atoms in total. The van der Waals surface area contributed by atoms with Crippen LogP contribution in [0.3, 0.4) is 0 Å². The molecule has 0 aliphatic heterocycles. The highest BCUT2D eigenvalue weighted by atomic mass is 28.3. The van der Waals surface area contributed by atoms with E-state index in [1.54, 1.807) is 11.1 Å². The van der Waals surface area contributed by atoms with Gasteiger partial charge in [0, 0.05) is 22.4 Å². The van der Waals surface area contributed by atoms with Crippen LogP contribution in [0.4, 0.5) is 17.1 Å². The Kier molecular flexibility index (Phi) is 8.46. The minimum atomic E-state index is -2.59. The number of nitrogens with zero attached hydrogens (tertiary/aromatic N) is 1. The molecule has 5 aliphatic carbocycles. The fourth-order valence-corrected chi connectivity index (χ4v) is 17.9. The molecule has 2 heteroatoms. The number of hydrogen-bond donors (Lipinski definition) is 0. The van der Waals surface area contributed by atoms with Gasteiger partial charge in [-0.25, -0.2) is 0 Å². The van der Waals surface area contributed by atoms with Crippen molar-refractivity contribution in [2.75, 3.05) is 4.90 Å². The molecular formula is C58H49NSi. The number of fused-ring (bicyclic) bond motifs is 3. The lowest BCUT2D eigenvalue weighted by molar-refractivity contribution is -0.0399. The van der Waals surface area contributed by atoms with Gasteiger partial charge in [-0.05, 0) is 135 Å². The third-order valence-electron chi connectivity index (χ3n) is 15.2. The van der Waals surface area contributed by atoms with Crippen LogP contribution in [-0.2, 0) is 5.41 Å². The predicted molar refractivity (Wildman–Crippen MR) is 253 cm³/mol. The molecule has 60 heavy (non-hydrogen) atoms. The van der Waals surface area contributed by atoms with Crippen LogP contribution < -0.4 is 25.6 Å². The molecule has 290 valence electrons. The van der Waals surface area contributed by atoms with Crippen LogP contribution in [0.25, 0.3) is 22.3 Å². The molecule has 5 aliphatic rings. The molecule has 4 saturated carbocycles. The van der Waals surface area contributed by atoms with Crippen LogP contribution in [0.2, 0.25) is 0 Å². The maximum absolute atomic E-state index is 2.59. The van der Waals surface area contributed by atoms with Gasteiger partial charge in [-0.2, -0.15) is 0 Å². The first-order chi connectivity index (χ1) is 29.7. The van der Waals surface area contributed by atoms with E-state index < -0.39 is 8.07 Å². The van der Waals surface area contributed by atoms with E-state index in [9.17, 15) is 0 Å². The molecule has 8 aromatic rings. The lowest BCUT2D eigenvalue weighted by atomic mass is 9.43. The smallest absolute Gasteiger partial charge is 0.179 e. The molecule has 8 aromatic carbocycles. The standard InChI is InChI=1S/C58H49NSi/c1-5-16-47(17-6-1)59(56-27-15-26-55-57(56)53-24-13-14-25-54(53)58(55)45-37-41-36-42(39-45)40-46(58)38-41)48-32-28-43(29-33-48)44-30-34-52(35-31-44)60(49-18-7-2-8-19-49,50-20-9-3-10-21-50)51-22-11-4-12-23-51/h1-35,41-42,45-46H,36-40H2. The van der Waals surface area contributed by atoms with Crippen LogP contribution in [-0.4, -0.2) is 8.07 Å². The Morgan fingerprint density at radius 2 is 0.800 bits per heavy atom. The van der Waals surface area contributed by atoms with Gasteiger partial charge < -0.3 is 4.90 Å². The second kappa shape index (κ2) is 14.2. The lowest BCUT2D eigenvalue weighted by Crippen LogP contribution is -2.74. The van der Waals surface area contributed by atoms with Crippen molar-refractivity contribution in [2.24, 2.45) is 23.7 Å². The quantitative estimate of drug-likeness (QED) is 0.110. The van der Waals surface area contributed by atoms with Crippen LogP contribution in [0.15, 0.2) is 212 Å². The highest BCUT2D eigenvalue weighted by molar-refractivity contribution is 7.19. The minimum Gasteiger partial charge on any atom is -0.310 e.